The largest absolute Gasteiger partial charge is 0.481 e. The van der Waals surface area contributed by atoms with Gasteiger partial charge in [0.25, 0.3) is 0 Å². The third kappa shape index (κ3) is 5.05. The molecule has 1 aromatic rings. The Morgan fingerprint density at radius 3 is 2.50 bits per heavy atom. The van der Waals surface area contributed by atoms with Crippen LogP contribution in [0.5, 0.6) is 0 Å². The second-order valence-electron chi connectivity index (χ2n) is 3.64. The van der Waals surface area contributed by atoms with E-state index in [-0.39, 0.29) is 18.9 Å². The Morgan fingerprint density at radius 1 is 1.28 bits per heavy atom. The van der Waals surface area contributed by atoms with Gasteiger partial charge in [0, 0.05) is 17.9 Å². The van der Waals surface area contributed by atoms with E-state index in [1.54, 1.807) is 6.08 Å². The van der Waals surface area contributed by atoms with Gasteiger partial charge in [-0.05, 0) is 11.6 Å². The molecule has 0 heterocycles. The van der Waals surface area contributed by atoms with Gasteiger partial charge in [0.15, 0.2) is 0 Å². The molecule has 96 valence electrons. The van der Waals surface area contributed by atoms with Gasteiger partial charge in [0.05, 0.1) is 6.42 Å². The van der Waals surface area contributed by atoms with Gasteiger partial charge in [-0.15, -0.1) is 0 Å². The number of carboxylic acid groups (broad SMARTS) is 1. The van der Waals surface area contributed by atoms with Crippen molar-refractivity contribution in [1.82, 2.24) is 5.32 Å². The Bertz CT molecular complexity index is 443. The highest BCUT2D eigenvalue weighted by Crippen LogP contribution is 2.08. The van der Waals surface area contributed by atoms with Gasteiger partial charge in [-0.2, -0.15) is 12.6 Å². The highest BCUT2D eigenvalue weighted by atomic mass is 32.1. The van der Waals surface area contributed by atoms with Gasteiger partial charge < -0.3 is 10.4 Å². The summed E-state index contributed by atoms with van der Waals surface area (Å²) in [5, 5.41) is 11.0. The number of carbonyl (C=O) groups is 2. The number of nitrogens with one attached hydrogen (secondary N) is 1. The first-order valence-corrected chi connectivity index (χ1v) is 6.13. The summed E-state index contributed by atoms with van der Waals surface area (Å²) < 4.78 is 0. The van der Waals surface area contributed by atoms with Crippen LogP contribution in [0.4, 0.5) is 0 Å². The molecule has 1 rings (SSSR count). The van der Waals surface area contributed by atoms with Crippen molar-refractivity contribution in [3.63, 3.8) is 0 Å². The van der Waals surface area contributed by atoms with Crippen LogP contribution in [0, 0.1) is 0 Å². The lowest BCUT2D eigenvalue weighted by atomic mass is 10.1. The standard InChI is InChI=1S/C13H15NO3S/c15-12(16)6-7-14-13(17)11(9-18)8-10-4-2-1-3-5-10/h1-5,8,18H,6-7,9H2,(H,14,17)(H,15,16)/b11-8-. The molecule has 18 heavy (non-hydrogen) atoms. The Kier molecular flexibility index (Phi) is 6.00. The maximum absolute atomic E-state index is 11.7. The molecule has 0 radical (unpaired) electrons. The Balaban J connectivity index is 2.63. The van der Waals surface area contributed by atoms with Crippen molar-refractivity contribution in [2.45, 2.75) is 6.42 Å². The highest BCUT2D eigenvalue weighted by molar-refractivity contribution is 7.80. The van der Waals surface area contributed by atoms with Crippen LogP contribution in [0.25, 0.3) is 6.08 Å². The van der Waals surface area contributed by atoms with Gasteiger partial charge in [-0.3, -0.25) is 9.59 Å². The van der Waals surface area contributed by atoms with Crippen molar-refractivity contribution in [1.29, 1.82) is 0 Å². The predicted octanol–water partition coefficient (Wildman–Crippen LogP) is 1.59. The molecule has 0 fully saturated rings. The zero-order valence-electron chi connectivity index (χ0n) is 9.80. The number of carbonyl (C=O) groups excluding carboxylic acids is 1. The van der Waals surface area contributed by atoms with E-state index in [1.807, 2.05) is 30.3 Å². The lowest BCUT2D eigenvalue weighted by Crippen LogP contribution is -2.27. The van der Waals surface area contributed by atoms with Crippen molar-refractivity contribution in [2.75, 3.05) is 12.3 Å². The van der Waals surface area contributed by atoms with E-state index in [9.17, 15) is 9.59 Å². The van der Waals surface area contributed by atoms with E-state index in [0.717, 1.165) is 5.56 Å². The number of benzene rings is 1. The monoisotopic (exact) mass is 265 g/mol. The highest BCUT2D eigenvalue weighted by Gasteiger charge is 2.08. The second kappa shape index (κ2) is 7.55. The first-order valence-electron chi connectivity index (χ1n) is 5.50. The Morgan fingerprint density at radius 2 is 1.94 bits per heavy atom. The van der Waals surface area contributed by atoms with Crippen LogP contribution in [0.3, 0.4) is 0 Å². The fourth-order valence-corrected chi connectivity index (χ4v) is 1.56. The van der Waals surface area contributed by atoms with Crippen molar-refractivity contribution < 1.29 is 14.7 Å². The first-order chi connectivity index (χ1) is 8.63. The zero-order valence-corrected chi connectivity index (χ0v) is 10.7. The third-order valence-corrected chi connectivity index (χ3v) is 2.57. The minimum atomic E-state index is -0.935. The normalized spacial score (nSPS) is 11.1. The lowest BCUT2D eigenvalue weighted by Gasteiger charge is -2.05. The fourth-order valence-electron chi connectivity index (χ4n) is 1.33. The van der Waals surface area contributed by atoms with Crippen LogP contribution < -0.4 is 5.32 Å². The SMILES string of the molecule is O=C(O)CCNC(=O)/C(=C\c1ccccc1)CS. The summed E-state index contributed by atoms with van der Waals surface area (Å²) in [5.41, 5.74) is 1.42. The molecule has 4 nitrogen and oxygen atoms in total. The average Bonchev–Trinajstić information content (AvgIpc) is 2.36. The van der Waals surface area contributed by atoms with Crippen molar-refractivity contribution in [2.24, 2.45) is 0 Å². The van der Waals surface area contributed by atoms with Crippen LogP contribution in [0.1, 0.15) is 12.0 Å². The van der Waals surface area contributed by atoms with Gasteiger partial charge in [-0.1, -0.05) is 30.3 Å². The topological polar surface area (TPSA) is 66.4 Å². The Labute approximate surface area is 111 Å². The van der Waals surface area contributed by atoms with E-state index in [2.05, 4.69) is 17.9 Å². The fraction of sp³-hybridized carbons (Fsp3) is 0.231. The molecule has 0 bridgehead atoms. The number of hydrogen-bond acceptors (Lipinski definition) is 3. The lowest BCUT2D eigenvalue weighted by molar-refractivity contribution is -0.136. The molecular formula is C13H15NO3S. The summed E-state index contributed by atoms with van der Waals surface area (Å²) in [6, 6.07) is 9.42. The quantitative estimate of drug-likeness (QED) is 0.540. The molecule has 2 N–H and O–H groups in total. The van der Waals surface area contributed by atoms with Crippen molar-refractivity contribution in [3.8, 4) is 0 Å². The molecule has 1 amide bonds. The predicted molar refractivity (Wildman–Crippen MR) is 73.5 cm³/mol. The second-order valence-corrected chi connectivity index (χ2v) is 3.95. The minimum Gasteiger partial charge on any atom is -0.481 e. The van der Waals surface area contributed by atoms with Gasteiger partial charge >= 0.3 is 5.97 Å². The van der Waals surface area contributed by atoms with E-state index >= 15 is 0 Å². The molecule has 1 aromatic carbocycles. The molecule has 0 atom stereocenters. The molecule has 0 aromatic heterocycles. The summed E-state index contributed by atoms with van der Waals surface area (Å²) in [5.74, 6) is -0.918. The van der Waals surface area contributed by atoms with Crippen LogP contribution in [-0.4, -0.2) is 29.3 Å². The smallest absolute Gasteiger partial charge is 0.305 e. The van der Waals surface area contributed by atoms with Gasteiger partial charge in [0.2, 0.25) is 5.91 Å². The first kappa shape index (κ1) is 14.3. The summed E-state index contributed by atoms with van der Waals surface area (Å²) in [6.07, 6.45) is 1.65. The van der Waals surface area contributed by atoms with Crippen molar-refractivity contribution >= 4 is 30.6 Å². The molecular weight excluding hydrogens is 250 g/mol. The van der Waals surface area contributed by atoms with E-state index < -0.39 is 5.97 Å². The minimum absolute atomic E-state index is 0.0864. The van der Waals surface area contributed by atoms with E-state index in [4.69, 9.17) is 5.11 Å². The van der Waals surface area contributed by atoms with Crippen LogP contribution >= 0.6 is 12.6 Å². The van der Waals surface area contributed by atoms with E-state index in [1.165, 1.54) is 0 Å². The maximum Gasteiger partial charge on any atom is 0.305 e. The van der Waals surface area contributed by atoms with Gasteiger partial charge in [-0.25, -0.2) is 0 Å². The van der Waals surface area contributed by atoms with Crippen molar-refractivity contribution in [3.05, 3.63) is 41.5 Å². The van der Waals surface area contributed by atoms with Crippen LogP contribution in [0.15, 0.2) is 35.9 Å². The molecule has 0 aliphatic heterocycles. The number of rotatable bonds is 6. The summed E-state index contributed by atoms with van der Waals surface area (Å²) in [7, 11) is 0. The number of hydrogen-bond donors (Lipinski definition) is 3. The van der Waals surface area contributed by atoms with Crippen LogP contribution in [-0.2, 0) is 9.59 Å². The molecule has 5 heteroatoms. The molecule has 0 aliphatic carbocycles. The molecule has 0 unspecified atom stereocenters. The van der Waals surface area contributed by atoms with Crippen LogP contribution in [0.2, 0.25) is 0 Å². The summed E-state index contributed by atoms with van der Waals surface area (Å²) in [4.78, 5) is 22.1. The maximum atomic E-state index is 11.7. The molecule has 0 spiro atoms. The number of aliphatic carboxylic acids is 1. The number of thiol groups is 1. The molecule has 0 saturated carbocycles. The van der Waals surface area contributed by atoms with E-state index in [0.29, 0.717) is 11.3 Å². The summed E-state index contributed by atoms with van der Waals surface area (Å²) in [6.45, 7) is 0.119. The molecule has 0 aliphatic rings. The van der Waals surface area contributed by atoms with Gasteiger partial charge in [0.1, 0.15) is 0 Å². The zero-order chi connectivity index (χ0) is 13.4. The summed E-state index contributed by atoms with van der Waals surface area (Å²) >= 11 is 4.10. The average molecular weight is 265 g/mol. The number of carboxylic acids is 1. The number of amides is 1. The molecule has 0 saturated heterocycles. The Hall–Kier alpha value is -1.75. The third-order valence-electron chi connectivity index (χ3n) is 2.23.